The minimum Gasteiger partial charge on any atom is -0.379 e. The van der Waals surface area contributed by atoms with Gasteiger partial charge in [-0.05, 0) is 25.0 Å². The molecule has 1 aliphatic rings. The number of aryl methyl sites for hydroxylation is 2. The lowest BCUT2D eigenvalue weighted by Crippen LogP contribution is -2.44. The van der Waals surface area contributed by atoms with Crippen LogP contribution in [0.5, 0.6) is 0 Å². The zero-order chi connectivity index (χ0) is 18.4. The molecule has 4 heteroatoms. The van der Waals surface area contributed by atoms with Gasteiger partial charge in [0, 0.05) is 19.6 Å². The molecule has 1 N–H and O–H groups in total. The lowest BCUT2D eigenvalue weighted by molar-refractivity contribution is -0.120. The molecule has 0 aliphatic carbocycles. The number of carbonyl (C=O) groups excluding carboxylic acids is 1. The Labute approximate surface area is 156 Å². The molecule has 26 heavy (non-hydrogen) atoms. The van der Waals surface area contributed by atoms with Crippen LogP contribution < -0.4 is 5.32 Å². The molecular formula is C22H28N2O2. The molecule has 0 saturated carbocycles. The van der Waals surface area contributed by atoms with Gasteiger partial charge in [0.1, 0.15) is 0 Å². The molecule has 2 aromatic carbocycles. The van der Waals surface area contributed by atoms with E-state index in [2.05, 4.69) is 47.5 Å². The molecule has 0 aromatic heterocycles. The maximum Gasteiger partial charge on any atom is 0.224 e. The summed E-state index contributed by atoms with van der Waals surface area (Å²) in [6.45, 7) is 8.05. The van der Waals surface area contributed by atoms with Crippen molar-refractivity contribution in [3.05, 3.63) is 70.8 Å². The first kappa shape index (κ1) is 18.6. The Morgan fingerprint density at radius 3 is 2.50 bits per heavy atom. The van der Waals surface area contributed by atoms with Crippen molar-refractivity contribution in [1.82, 2.24) is 10.2 Å². The van der Waals surface area contributed by atoms with Crippen molar-refractivity contribution < 1.29 is 9.53 Å². The average molecular weight is 352 g/mol. The first-order chi connectivity index (χ1) is 12.6. The zero-order valence-electron chi connectivity index (χ0n) is 15.7. The number of amides is 1. The zero-order valence-corrected chi connectivity index (χ0v) is 15.7. The topological polar surface area (TPSA) is 41.6 Å². The van der Waals surface area contributed by atoms with Crippen molar-refractivity contribution in [3.63, 3.8) is 0 Å². The van der Waals surface area contributed by atoms with Crippen LogP contribution in [-0.4, -0.2) is 43.7 Å². The van der Waals surface area contributed by atoms with Gasteiger partial charge in [-0.1, -0.05) is 59.7 Å². The lowest BCUT2D eigenvalue weighted by Gasteiger charge is -2.35. The molecule has 0 bridgehead atoms. The number of nitrogens with zero attached hydrogens (tertiary/aromatic N) is 1. The van der Waals surface area contributed by atoms with Gasteiger partial charge in [0.25, 0.3) is 0 Å². The van der Waals surface area contributed by atoms with Gasteiger partial charge >= 0.3 is 0 Å². The highest BCUT2D eigenvalue weighted by molar-refractivity contribution is 5.78. The second-order valence-corrected chi connectivity index (χ2v) is 7.04. The predicted octanol–water partition coefficient (Wildman–Crippen LogP) is 3.04. The minimum atomic E-state index is 0.0703. The molecule has 1 saturated heterocycles. The number of morpholine rings is 1. The first-order valence-electron chi connectivity index (χ1n) is 9.32. The quantitative estimate of drug-likeness (QED) is 0.869. The van der Waals surface area contributed by atoms with Gasteiger partial charge in [0.2, 0.25) is 5.91 Å². The van der Waals surface area contributed by atoms with E-state index in [0.29, 0.717) is 13.0 Å². The van der Waals surface area contributed by atoms with E-state index < -0.39 is 0 Å². The van der Waals surface area contributed by atoms with Gasteiger partial charge in [-0.15, -0.1) is 0 Å². The van der Waals surface area contributed by atoms with Crippen LogP contribution in [0.1, 0.15) is 28.3 Å². The van der Waals surface area contributed by atoms with Gasteiger partial charge < -0.3 is 10.1 Å². The first-order valence-corrected chi connectivity index (χ1v) is 9.32. The summed E-state index contributed by atoms with van der Waals surface area (Å²) in [5.74, 6) is 0.0703. The van der Waals surface area contributed by atoms with Crippen LogP contribution in [0.4, 0.5) is 0 Å². The van der Waals surface area contributed by atoms with E-state index in [4.69, 9.17) is 4.74 Å². The van der Waals surface area contributed by atoms with Crippen LogP contribution in [0.25, 0.3) is 0 Å². The number of carbonyl (C=O) groups is 1. The Morgan fingerprint density at radius 1 is 1.08 bits per heavy atom. The van der Waals surface area contributed by atoms with E-state index in [1.807, 2.05) is 25.1 Å². The van der Waals surface area contributed by atoms with Gasteiger partial charge in [-0.3, -0.25) is 9.69 Å². The van der Waals surface area contributed by atoms with E-state index in [1.165, 1.54) is 16.7 Å². The van der Waals surface area contributed by atoms with Crippen LogP contribution in [0, 0.1) is 13.8 Å². The van der Waals surface area contributed by atoms with E-state index in [0.717, 1.165) is 31.9 Å². The smallest absolute Gasteiger partial charge is 0.224 e. The SMILES string of the molecule is Cc1ccc([C@H](CNC(=O)Cc2cccc(C)c2)N2CCOCC2)cc1. The van der Waals surface area contributed by atoms with Crippen molar-refractivity contribution in [3.8, 4) is 0 Å². The van der Waals surface area contributed by atoms with Crippen molar-refractivity contribution in [2.24, 2.45) is 0 Å². The molecule has 0 unspecified atom stereocenters. The highest BCUT2D eigenvalue weighted by Gasteiger charge is 2.23. The molecule has 0 radical (unpaired) electrons. The van der Waals surface area contributed by atoms with Crippen LogP contribution in [0.15, 0.2) is 48.5 Å². The number of hydrogen-bond acceptors (Lipinski definition) is 3. The lowest BCUT2D eigenvalue weighted by atomic mass is 10.0. The maximum atomic E-state index is 12.4. The summed E-state index contributed by atoms with van der Waals surface area (Å²) in [4.78, 5) is 14.8. The normalized spacial score (nSPS) is 16.2. The maximum absolute atomic E-state index is 12.4. The van der Waals surface area contributed by atoms with Gasteiger partial charge in [0.05, 0.1) is 25.7 Å². The molecule has 1 aliphatic heterocycles. The molecule has 0 spiro atoms. The molecule has 2 aromatic rings. The van der Waals surface area contributed by atoms with E-state index in [-0.39, 0.29) is 11.9 Å². The van der Waals surface area contributed by atoms with Gasteiger partial charge in [0.15, 0.2) is 0 Å². The second kappa shape index (κ2) is 8.97. The molecule has 1 fully saturated rings. The molecule has 1 amide bonds. The van der Waals surface area contributed by atoms with Crippen molar-refractivity contribution in [2.45, 2.75) is 26.3 Å². The van der Waals surface area contributed by atoms with Gasteiger partial charge in [-0.2, -0.15) is 0 Å². The third-order valence-electron chi connectivity index (χ3n) is 4.89. The third-order valence-corrected chi connectivity index (χ3v) is 4.89. The molecule has 3 rings (SSSR count). The number of hydrogen-bond donors (Lipinski definition) is 1. The van der Waals surface area contributed by atoms with Crippen LogP contribution in [0.2, 0.25) is 0 Å². The summed E-state index contributed by atoms with van der Waals surface area (Å²) >= 11 is 0. The fourth-order valence-corrected chi connectivity index (χ4v) is 3.42. The molecule has 138 valence electrons. The van der Waals surface area contributed by atoms with Crippen molar-refractivity contribution in [2.75, 3.05) is 32.8 Å². The minimum absolute atomic E-state index is 0.0703. The Hall–Kier alpha value is -2.17. The summed E-state index contributed by atoms with van der Waals surface area (Å²) in [5.41, 5.74) is 4.73. The number of ether oxygens (including phenoxy) is 1. The highest BCUT2D eigenvalue weighted by Crippen LogP contribution is 2.22. The Kier molecular flexibility index (Phi) is 6.42. The number of nitrogens with one attached hydrogen (secondary N) is 1. The Bertz CT molecular complexity index is 721. The fraction of sp³-hybridized carbons (Fsp3) is 0.409. The van der Waals surface area contributed by atoms with Gasteiger partial charge in [-0.25, -0.2) is 0 Å². The summed E-state index contributed by atoms with van der Waals surface area (Å²) in [6.07, 6.45) is 0.422. The van der Waals surface area contributed by atoms with Crippen molar-refractivity contribution >= 4 is 5.91 Å². The monoisotopic (exact) mass is 352 g/mol. The summed E-state index contributed by atoms with van der Waals surface area (Å²) in [5, 5.41) is 3.14. The Morgan fingerprint density at radius 2 is 1.81 bits per heavy atom. The number of rotatable bonds is 6. The predicted molar refractivity (Wildman–Crippen MR) is 104 cm³/mol. The fourth-order valence-electron chi connectivity index (χ4n) is 3.42. The number of benzene rings is 2. The highest BCUT2D eigenvalue weighted by atomic mass is 16.5. The molecule has 1 atom stereocenters. The van der Waals surface area contributed by atoms with Crippen LogP contribution >= 0.6 is 0 Å². The summed E-state index contributed by atoms with van der Waals surface area (Å²) < 4.78 is 5.49. The average Bonchev–Trinajstić information content (AvgIpc) is 2.64. The third kappa shape index (κ3) is 5.16. The van der Waals surface area contributed by atoms with E-state index in [9.17, 15) is 4.79 Å². The van der Waals surface area contributed by atoms with Crippen LogP contribution in [0.3, 0.4) is 0 Å². The van der Waals surface area contributed by atoms with Crippen molar-refractivity contribution in [1.29, 1.82) is 0 Å². The summed E-state index contributed by atoms with van der Waals surface area (Å²) in [6, 6.07) is 16.9. The largest absolute Gasteiger partial charge is 0.379 e. The molecule has 4 nitrogen and oxygen atoms in total. The van der Waals surface area contributed by atoms with E-state index in [1.54, 1.807) is 0 Å². The van der Waals surface area contributed by atoms with Crippen LogP contribution in [-0.2, 0) is 16.0 Å². The standard InChI is InChI=1S/C22H28N2O2/c1-17-6-8-20(9-7-17)21(24-10-12-26-13-11-24)16-23-22(25)15-19-5-3-4-18(2)14-19/h3-9,14,21H,10-13,15-16H2,1-2H3,(H,23,25)/t21-/m0/s1. The molecular weight excluding hydrogens is 324 g/mol. The Balaban J connectivity index is 1.65. The molecule has 1 heterocycles. The summed E-state index contributed by atoms with van der Waals surface area (Å²) in [7, 11) is 0. The second-order valence-electron chi connectivity index (χ2n) is 7.04. The van der Waals surface area contributed by atoms with E-state index >= 15 is 0 Å².